The van der Waals surface area contributed by atoms with Gasteiger partial charge in [-0.25, -0.2) is 0 Å². The van der Waals surface area contributed by atoms with Gasteiger partial charge in [0.1, 0.15) is 12.1 Å². The van der Waals surface area contributed by atoms with Crippen LogP contribution >= 0.6 is 0 Å². The molecule has 1 N–H and O–H groups in total. The maximum atomic E-state index is 12.7. The van der Waals surface area contributed by atoms with Crippen molar-refractivity contribution in [1.29, 1.82) is 0 Å². The van der Waals surface area contributed by atoms with Crippen LogP contribution in [0.25, 0.3) is 0 Å². The van der Waals surface area contributed by atoms with Crippen LogP contribution in [0.4, 0.5) is 0 Å². The second kappa shape index (κ2) is 5.88. The largest absolute Gasteiger partial charge is 0.391 e. The number of carbonyl (C=O) groups is 1. The maximum absolute atomic E-state index is 12.7. The fourth-order valence-electron chi connectivity index (χ4n) is 3.10. The van der Waals surface area contributed by atoms with Gasteiger partial charge in [0.25, 0.3) is 5.91 Å². The van der Waals surface area contributed by atoms with Crippen molar-refractivity contribution in [1.82, 2.24) is 4.90 Å². The lowest BCUT2D eigenvalue weighted by Crippen LogP contribution is -2.47. The van der Waals surface area contributed by atoms with E-state index < -0.39 is 12.2 Å². The monoisotopic (exact) mass is 285 g/mol. The molecule has 21 heavy (non-hydrogen) atoms. The van der Waals surface area contributed by atoms with E-state index in [0.29, 0.717) is 19.4 Å². The lowest BCUT2D eigenvalue weighted by Gasteiger charge is -2.37. The topological polar surface area (TPSA) is 49.8 Å². The Morgan fingerprint density at radius 1 is 1.38 bits per heavy atom. The van der Waals surface area contributed by atoms with E-state index >= 15 is 0 Å². The van der Waals surface area contributed by atoms with Crippen LogP contribution in [-0.4, -0.2) is 41.3 Å². The maximum Gasteiger partial charge on any atom is 0.252 e. The summed E-state index contributed by atoms with van der Waals surface area (Å²) >= 11 is 0. The van der Waals surface area contributed by atoms with Crippen molar-refractivity contribution in [3.63, 3.8) is 0 Å². The first-order valence-corrected chi connectivity index (χ1v) is 7.35. The summed E-state index contributed by atoms with van der Waals surface area (Å²) in [7, 11) is 0. The van der Waals surface area contributed by atoms with Crippen molar-refractivity contribution in [2.75, 3.05) is 13.2 Å². The summed E-state index contributed by atoms with van der Waals surface area (Å²) in [4.78, 5) is 14.4. The number of terminal acetylenes is 1. The van der Waals surface area contributed by atoms with Gasteiger partial charge in [0.2, 0.25) is 0 Å². The highest BCUT2D eigenvalue weighted by atomic mass is 16.5. The molecule has 1 saturated heterocycles. The van der Waals surface area contributed by atoms with Crippen molar-refractivity contribution in [3.8, 4) is 12.3 Å². The van der Waals surface area contributed by atoms with Crippen LogP contribution < -0.4 is 0 Å². The molecule has 0 bridgehead atoms. The van der Waals surface area contributed by atoms with Crippen LogP contribution in [0.3, 0.4) is 0 Å². The minimum absolute atomic E-state index is 0.0562. The van der Waals surface area contributed by atoms with E-state index in [0.717, 1.165) is 12.0 Å². The van der Waals surface area contributed by atoms with Crippen molar-refractivity contribution < 1.29 is 14.6 Å². The number of fused-ring (bicyclic) bond motifs is 1. The third kappa shape index (κ3) is 2.67. The number of carbonyl (C=O) groups excluding carboxylic acids is 1. The molecule has 3 atom stereocenters. The Labute approximate surface area is 124 Å². The first-order valence-electron chi connectivity index (χ1n) is 7.35. The molecular formula is C17H19NO3. The van der Waals surface area contributed by atoms with Gasteiger partial charge in [-0.3, -0.25) is 4.79 Å². The predicted octanol–water partition coefficient (Wildman–Crippen LogP) is 1.29. The molecule has 3 rings (SSSR count). The van der Waals surface area contributed by atoms with Gasteiger partial charge in [0.05, 0.1) is 12.7 Å². The molecule has 0 unspecified atom stereocenters. The van der Waals surface area contributed by atoms with E-state index in [9.17, 15) is 9.90 Å². The van der Waals surface area contributed by atoms with Crippen LogP contribution in [0.5, 0.6) is 0 Å². The van der Waals surface area contributed by atoms with Crippen LogP contribution in [-0.2, 0) is 16.0 Å². The molecule has 2 heterocycles. The fraction of sp³-hybridized carbons (Fsp3) is 0.471. The van der Waals surface area contributed by atoms with Crippen LogP contribution in [0, 0.1) is 12.3 Å². The van der Waals surface area contributed by atoms with Gasteiger partial charge < -0.3 is 14.7 Å². The summed E-state index contributed by atoms with van der Waals surface area (Å²) in [5, 5.41) is 9.47. The minimum Gasteiger partial charge on any atom is -0.391 e. The first kappa shape index (κ1) is 14.1. The molecule has 0 aromatic heterocycles. The number of hydrogen-bond donors (Lipinski definition) is 1. The minimum atomic E-state index is -0.477. The van der Waals surface area contributed by atoms with E-state index in [1.54, 1.807) is 4.90 Å². The quantitative estimate of drug-likeness (QED) is 0.791. The Bertz CT molecular complexity index is 570. The van der Waals surface area contributed by atoms with Crippen molar-refractivity contribution in [2.24, 2.45) is 0 Å². The molecule has 1 fully saturated rings. The Kier molecular flexibility index (Phi) is 3.96. The van der Waals surface area contributed by atoms with Crippen LogP contribution in [0.2, 0.25) is 0 Å². The Hall–Kier alpha value is -1.83. The Balaban J connectivity index is 1.80. The average Bonchev–Trinajstić information content (AvgIpc) is 2.53. The van der Waals surface area contributed by atoms with Crippen molar-refractivity contribution >= 4 is 5.91 Å². The van der Waals surface area contributed by atoms with E-state index in [4.69, 9.17) is 11.2 Å². The van der Waals surface area contributed by atoms with E-state index in [1.807, 2.05) is 18.2 Å². The smallest absolute Gasteiger partial charge is 0.252 e. The van der Waals surface area contributed by atoms with Gasteiger partial charge in [-0.1, -0.05) is 30.2 Å². The zero-order valence-corrected chi connectivity index (χ0v) is 11.9. The van der Waals surface area contributed by atoms with Gasteiger partial charge in [0.15, 0.2) is 0 Å². The SMILES string of the molecule is C#C[C@H]1c2ccccc2CCN1C(=O)[C@H]1CC[C@H](O)CO1. The molecular weight excluding hydrogens is 266 g/mol. The van der Waals surface area contributed by atoms with Gasteiger partial charge >= 0.3 is 0 Å². The molecule has 1 aromatic carbocycles. The molecule has 2 aliphatic rings. The van der Waals surface area contributed by atoms with Crippen molar-refractivity contribution in [3.05, 3.63) is 35.4 Å². The third-order valence-corrected chi connectivity index (χ3v) is 4.25. The molecule has 1 aromatic rings. The molecule has 0 saturated carbocycles. The van der Waals surface area contributed by atoms with Crippen LogP contribution in [0.15, 0.2) is 24.3 Å². The average molecular weight is 285 g/mol. The molecule has 4 heteroatoms. The van der Waals surface area contributed by atoms with Gasteiger partial charge in [0, 0.05) is 6.54 Å². The third-order valence-electron chi connectivity index (χ3n) is 4.25. The molecule has 0 radical (unpaired) electrons. The van der Waals surface area contributed by atoms with Gasteiger partial charge in [-0.15, -0.1) is 6.42 Å². The summed E-state index contributed by atoms with van der Waals surface area (Å²) in [5.74, 6) is 2.68. The summed E-state index contributed by atoms with van der Waals surface area (Å²) in [6, 6.07) is 7.68. The van der Waals surface area contributed by atoms with E-state index in [1.165, 1.54) is 5.56 Å². The molecule has 0 spiro atoms. The number of amides is 1. The van der Waals surface area contributed by atoms with Gasteiger partial charge in [-0.05, 0) is 30.4 Å². The van der Waals surface area contributed by atoms with E-state index in [2.05, 4.69) is 12.0 Å². The summed E-state index contributed by atoms with van der Waals surface area (Å²) in [6.07, 6.45) is 6.70. The number of rotatable bonds is 1. The molecule has 4 nitrogen and oxygen atoms in total. The number of aliphatic hydroxyl groups excluding tert-OH is 1. The lowest BCUT2D eigenvalue weighted by atomic mass is 9.92. The van der Waals surface area contributed by atoms with E-state index in [-0.39, 0.29) is 18.6 Å². The second-order valence-corrected chi connectivity index (χ2v) is 5.60. The summed E-state index contributed by atoms with van der Waals surface area (Å²) in [6.45, 7) is 0.842. The number of nitrogens with zero attached hydrogens (tertiary/aromatic N) is 1. The highest BCUT2D eigenvalue weighted by molar-refractivity contribution is 5.82. The fourth-order valence-corrected chi connectivity index (χ4v) is 3.10. The zero-order valence-electron chi connectivity index (χ0n) is 11.9. The van der Waals surface area contributed by atoms with Crippen molar-refractivity contribution in [2.45, 2.75) is 37.5 Å². The predicted molar refractivity (Wildman–Crippen MR) is 78.4 cm³/mol. The highest BCUT2D eigenvalue weighted by Gasteiger charge is 2.35. The number of ether oxygens (including phenoxy) is 1. The number of benzene rings is 1. The Morgan fingerprint density at radius 2 is 2.19 bits per heavy atom. The molecule has 0 aliphatic carbocycles. The second-order valence-electron chi connectivity index (χ2n) is 5.60. The highest BCUT2D eigenvalue weighted by Crippen LogP contribution is 2.30. The normalized spacial score (nSPS) is 28.6. The van der Waals surface area contributed by atoms with Gasteiger partial charge in [-0.2, -0.15) is 0 Å². The standard InChI is InChI=1S/C17H19NO3/c1-2-15-14-6-4-3-5-12(14)9-10-18(15)17(20)16-8-7-13(19)11-21-16/h1,3-6,13,15-16,19H,7-11H2/t13-,15-,16+/m0/s1. The Morgan fingerprint density at radius 3 is 2.90 bits per heavy atom. The molecule has 2 aliphatic heterocycles. The number of aliphatic hydroxyl groups is 1. The zero-order chi connectivity index (χ0) is 14.8. The molecule has 1 amide bonds. The summed E-state index contributed by atoms with van der Waals surface area (Å²) < 4.78 is 5.48. The molecule has 110 valence electrons. The summed E-state index contributed by atoms with van der Waals surface area (Å²) in [5.41, 5.74) is 2.25. The lowest BCUT2D eigenvalue weighted by molar-refractivity contribution is -0.152. The first-order chi connectivity index (χ1) is 10.2. The number of hydrogen-bond acceptors (Lipinski definition) is 3. The van der Waals surface area contributed by atoms with Crippen LogP contribution in [0.1, 0.15) is 30.0 Å².